The predicted molar refractivity (Wildman–Crippen MR) is 107 cm³/mol. The first-order valence-electron chi connectivity index (χ1n) is 9.30. The highest BCUT2D eigenvalue weighted by molar-refractivity contribution is 5.90. The third-order valence-corrected chi connectivity index (χ3v) is 4.53. The quantitative estimate of drug-likeness (QED) is 0.387. The van der Waals surface area contributed by atoms with Gasteiger partial charge in [0.25, 0.3) is 5.56 Å². The Balaban J connectivity index is 1.81. The molecule has 1 atom stereocenters. The van der Waals surface area contributed by atoms with E-state index in [9.17, 15) is 33.4 Å². The van der Waals surface area contributed by atoms with Gasteiger partial charge < -0.3 is 14.7 Å². The Morgan fingerprint density at radius 3 is 2.44 bits per heavy atom. The van der Waals surface area contributed by atoms with Crippen molar-refractivity contribution >= 4 is 11.9 Å². The summed E-state index contributed by atoms with van der Waals surface area (Å²) in [5.74, 6) is -3.89. The molecule has 0 aliphatic carbocycles. The summed E-state index contributed by atoms with van der Waals surface area (Å²) in [6.45, 7) is 0.486. The van der Waals surface area contributed by atoms with Crippen LogP contribution in [0, 0.1) is 11.6 Å². The average Bonchev–Trinajstić information content (AvgIpc) is 3.16. The second kappa shape index (κ2) is 9.12. The molecule has 3 aromatic rings. The number of nitrogens with one attached hydrogen (secondary N) is 2. The number of aromatic nitrogens is 1. The van der Waals surface area contributed by atoms with Crippen molar-refractivity contribution in [1.29, 1.82) is 0 Å². The van der Waals surface area contributed by atoms with Crippen LogP contribution in [0.4, 0.5) is 8.78 Å². The van der Waals surface area contributed by atoms with Gasteiger partial charge in [-0.25, -0.2) is 18.6 Å². The molecule has 1 aromatic heterocycles. The number of benzene rings is 2. The van der Waals surface area contributed by atoms with E-state index in [-0.39, 0.29) is 17.9 Å². The molecule has 0 aliphatic rings. The summed E-state index contributed by atoms with van der Waals surface area (Å²) in [6, 6.07) is 10.2. The normalized spacial score (nSPS) is 13.0. The molecule has 1 unspecified atom stereocenters. The van der Waals surface area contributed by atoms with E-state index < -0.39 is 41.2 Å². The molecule has 11 heteroatoms. The van der Waals surface area contributed by atoms with E-state index in [4.69, 9.17) is 4.52 Å². The molecule has 32 heavy (non-hydrogen) atoms. The number of H-pyrrole nitrogens is 1. The minimum Gasteiger partial charge on any atom is -0.479 e. The highest BCUT2D eigenvalue weighted by Gasteiger charge is 2.33. The molecular weight excluding hydrogens is 428 g/mol. The van der Waals surface area contributed by atoms with Crippen LogP contribution >= 0.6 is 0 Å². The van der Waals surface area contributed by atoms with Gasteiger partial charge in [-0.2, -0.15) is 5.16 Å². The van der Waals surface area contributed by atoms with E-state index >= 15 is 0 Å². The largest absolute Gasteiger partial charge is 0.479 e. The van der Waals surface area contributed by atoms with Crippen LogP contribution in [0.1, 0.15) is 23.0 Å². The summed E-state index contributed by atoms with van der Waals surface area (Å²) in [5.41, 5.74) is 0.563. The van der Waals surface area contributed by atoms with Crippen LogP contribution in [-0.4, -0.2) is 44.4 Å². The fourth-order valence-electron chi connectivity index (χ4n) is 2.90. The smallest absolute Gasteiger partial charge is 0.336 e. The second-order valence-corrected chi connectivity index (χ2v) is 7.27. The van der Waals surface area contributed by atoms with Gasteiger partial charge in [0.1, 0.15) is 11.6 Å². The fourth-order valence-corrected chi connectivity index (χ4v) is 2.90. The minimum absolute atomic E-state index is 0.0598. The van der Waals surface area contributed by atoms with Crippen LogP contribution in [0.15, 0.2) is 57.8 Å². The molecule has 4 N–H and O–H groups in total. The van der Waals surface area contributed by atoms with E-state index in [2.05, 4.69) is 5.43 Å². The molecule has 0 bridgehead atoms. The van der Waals surface area contributed by atoms with E-state index in [1.807, 2.05) is 5.16 Å². The maximum Gasteiger partial charge on any atom is 0.336 e. The Kier molecular flexibility index (Phi) is 6.51. The molecule has 3 rings (SSSR count). The highest BCUT2D eigenvalue weighted by Crippen LogP contribution is 2.24. The van der Waals surface area contributed by atoms with E-state index in [1.54, 1.807) is 12.1 Å². The van der Waals surface area contributed by atoms with Crippen molar-refractivity contribution in [3.8, 4) is 11.1 Å². The second-order valence-electron chi connectivity index (χ2n) is 7.27. The summed E-state index contributed by atoms with van der Waals surface area (Å²) in [5, 5.41) is 22.4. The van der Waals surface area contributed by atoms with Crippen LogP contribution < -0.4 is 11.0 Å². The molecule has 0 saturated carbocycles. The number of hydrogen-bond donors (Lipinski definition) is 4. The van der Waals surface area contributed by atoms with Gasteiger partial charge in [0.15, 0.2) is 5.60 Å². The van der Waals surface area contributed by atoms with Crippen LogP contribution in [0.25, 0.3) is 11.1 Å². The number of carboxylic acids is 1. The third kappa shape index (κ3) is 5.45. The topological polar surface area (TPSA) is 136 Å². The molecule has 0 saturated heterocycles. The molecular formula is C21H19F2N3O6. The minimum atomic E-state index is -2.21. The summed E-state index contributed by atoms with van der Waals surface area (Å²) >= 11 is 0. The summed E-state index contributed by atoms with van der Waals surface area (Å²) < 4.78 is 32.2. The predicted octanol–water partition coefficient (Wildman–Crippen LogP) is 1.90. The number of hydrogen-bond acceptors (Lipinski definition) is 6. The van der Waals surface area contributed by atoms with Gasteiger partial charge in [-0.05, 0) is 36.2 Å². The number of nitrogens with zero attached hydrogens (tertiary/aromatic N) is 1. The monoisotopic (exact) mass is 447 g/mol. The molecule has 0 fully saturated rings. The van der Waals surface area contributed by atoms with Crippen molar-refractivity contribution in [2.75, 3.05) is 6.54 Å². The number of hydrazine groups is 1. The van der Waals surface area contributed by atoms with Crippen molar-refractivity contribution in [2.24, 2.45) is 0 Å². The van der Waals surface area contributed by atoms with Gasteiger partial charge >= 0.3 is 11.9 Å². The van der Waals surface area contributed by atoms with Gasteiger partial charge in [0.2, 0.25) is 5.76 Å². The SMILES string of the molecule is CC(O)(CN(Cc1ccc(-c2cc(F)ccc2F)cc1)NC(=O)c1cc(=O)[nH]o1)C(=O)O. The third-order valence-electron chi connectivity index (χ3n) is 4.53. The molecule has 0 radical (unpaired) electrons. The first-order valence-corrected chi connectivity index (χ1v) is 9.30. The lowest BCUT2D eigenvalue weighted by molar-refractivity contribution is -0.159. The van der Waals surface area contributed by atoms with Gasteiger partial charge in [0, 0.05) is 12.1 Å². The Morgan fingerprint density at radius 1 is 1.16 bits per heavy atom. The number of aliphatic carboxylic acids is 1. The maximum absolute atomic E-state index is 14.0. The highest BCUT2D eigenvalue weighted by atomic mass is 19.1. The maximum atomic E-state index is 14.0. The van der Waals surface area contributed by atoms with E-state index in [1.165, 1.54) is 12.1 Å². The van der Waals surface area contributed by atoms with Crippen molar-refractivity contribution in [3.63, 3.8) is 0 Å². The lowest BCUT2D eigenvalue weighted by atomic mass is 10.0. The number of aromatic amines is 1. The molecule has 1 amide bonds. The number of carboxylic acid groups (broad SMARTS) is 1. The first-order chi connectivity index (χ1) is 15.0. The molecule has 168 valence electrons. The number of amides is 1. The van der Waals surface area contributed by atoms with Gasteiger partial charge in [-0.1, -0.05) is 24.3 Å². The number of aliphatic hydroxyl groups is 1. The van der Waals surface area contributed by atoms with E-state index in [0.717, 1.165) is 36.2 Å². The Morgan fingerprint density at radius 2 is 1.84 bits per heavy atom. The molecule has 9 nitrogen and oxygen atoms in total. The lowest BCUT2D eigenvalue weighted by Crippen LogP contribution is -2.52. The molecule has 2 aromatic carbocycles. The fraction of sp³-hybridized carbons (Fsp3) is 0.190. The number of carbonyl (C=O) groups excluding carboxylic acids is 1. The summed E-state index contributed by atoms with van der Waals surface area (Å²) in [6.07, 6.45) is 0. The van der Waals surface area contributed by atoms with Gasteiger partial charge in [-0.15, -0.1) is 0 Å². The van der Waals surface area contributed by atoms with Crippen LogP contribution in [-0.2, 0) is 11.3 Å². The first kappa shape index (κ1) is 22.8. The zero-order valence-electron chi connectivity index (χ0n) is 16.8. The Hall–Kier alpha value is -3.83. The Labute approximate surface area is 179 Å². The van der Waals surface area contributed by atoms with Crippen molar-refractivity contribution < 1.29 is 33.1 Å². The summed E-state index contributed by atoms with van der Waals surface area (Å²) in [4.78, 5) is 34.8. The Bertz CT molecular complexity index is 1190. The van der Waals surface area contributed by atoms with Crippen molar-refractivity contribution in [1.82, 2.24) is 15.6 Å². The summed E-state index contributed by atoms with van der Waals surface area (Å²) in [7, 11) is 0. The van der Waals surface area contributed by atoms with Crippen molar-refractivity contribution in [2.45, 2.75) is 19.1 Å². The zero-order valence-corrected chi connectivity index (χ0v) is 16.8. The van der Waals surface area contributed by atoms with E-state index in [0.29, 0.717) is 11.1 Å². The molecule has 0 spiro atoms. The zero-order chi connectivity index (χ0) is 23.5. The van der Waals surface area contributed by atoms with Crippen molar-refractivity contribution in [3.05, 3.63) is 81.8 Å². The standard InChI is InChI=1S/C21H19F2N3O6/c1-21(31,20(29)30)11-26(24-19(28)17-9-18(27)25-32-17)10-12-2-4-13(5-3-12)15-8-14(22)6-7-16(15)23/h2-9,31H,10-11H2,1H3,(H,24,28)(H,25,27)(H,29,30). The number of rotatable bonds is 8. The van der Waals surface area contributed by atoms with Crippen LogP contribution in [0.5, 0.6) is 0 Å². The van der Waals surface area contributed by atoms with Gasteiger partial charge in [-0.3, -0.25) is 15.0 Å². The molecule has 0 aliphatic heterocycles. The number of halogens is 2. The lowest BCUT2D eigenvalue weighted by Gasteiger charge is -2.28. The van der Waals surface area contributed by atoms with Crippen LogP contribution in [0.3, 0.4) is 0 Å². The molecule has 1 heterocycles. The number of carbonyl (C=O) groups is 2. The van der Waals surface area contributed by atoms with Gasteiger partial charge in [0.05, 0.1) is 12.6 Å². The van der Waals surface area contributed by atoms with Crippen LogP contribution in [0.2, 0.25) is 0 Å². The average molecular weight is 447 g/mol.